The Bertz CT molecular complexity index is 523. The fraction of sp³-hybridized carbons (Fsp3) is 0.167. The number of halogens is 1. The highest BCUT2D eigenvalue weighted by Gasteiger charge is 2.17. The summed E-state index contributed by atoms with van der Waals surface area (Å²) in [7, 11) is 0. The molecule has 0 radical (unpaired) electrons. The third kappa shape index (κ3) is 3.30. The van der Waals surface area contributed by atoms with E-state index in [9.17, 15) is 14.0 Å². The third-order valence-corrected chi connectivity index (χ3v) is 2.14. The second-order valence-electron chi connectivity index (χ2n) is 3.50. The molecule has 0 aliphatic heterocycles. The van der Waals surface area contributed by atoms with Crippen LogP contribution in [0.1, 0.15) is 16.8 Å². The van der Waals surface area contributed by atoms with Gasteiger partial charge in [-0.25, -0.2) is 9.18 Å². The van der Waals surface area contributed by atoms with Crippen molar-refractivity contribution in [2.75, 3.05) is 5.32 Å². The Morgan fingerprint density at radius 1 is 1.56 bits per heavy atom. The van der Waals surface area contributed by atoms with Gasteiger partial charge in [0.25, 0.3) is 0 Å². The number of hydrogen-bond donors (Lipinski definition) is 3. The summed E-state index contributed by atoms with van der Waals surface area (Å²) in [6.45, 7) is 0. The molecule has 18 heavy (non-hydrogen) atoms. The largest absolute Gasteiger partial charge is 0.478 e. The summed E-state index contributed by atoms with van der Waals surface area (Å²) in [5.41, 5.74) is 5.08. The molecular weight excluding hydrogens is 239 g/mol. The van der Waals surface area contributed by atoms with Crippen LogP contribution in [0.25, 0.3) is 0 Å². The summed E-state index contributed by atoms with van der Waals surface area (Å²) in [4.78, 5) is 22.4. The second-order valence-corrected chi connectivity index (χ2v) is 3.50. The molecule has 0 bridgehead atoms. The number of amides is 1. The van der Waals surface area contributed by atoms with Gasteiger partial charge in [-0.3, -0.25) is 4.79 Å². The van der Waals surface area contributed by atoms with Gasteiger partial charge in [0.2, 0.25) is 5.91 Å². The van der Waals surface area contributed by atoms with Crippen molar-refractivity contribution >= 4 is 17.6 Å². The van der Waals surface area contributed by atoms with E-state index in [-0.39, 0.29) is 17.7 Å². The van der Waals surface area contributed by atoms with E-state index in [0.29, 0.717) is 0 Å². The monoisotopic (exact) mass is 250 g/mol. The molecule has 0 heterocycles. The zero-order valence-corrected chi connectivity index (χ0v) is 9.31. The number of anilines is 1. The minimum atomic E-state index is -1.35. The number of carbonyl (C=O) groups excluding carboxylic acids is 1. The lowest BCUT2D eigenvalue weighted by Crippen LogP contribution is -2.35. The number of terminal acetylenes is 1. The number of carboxylic acid groups (broad SMARTS) is 1. The van der Waals surface area contributed by atoms with E-state index < -0.39 is 23.7 Å². The molecule has 1 aromatic rings. The molecule has 0 spiro atoms. The van der Waals surface area contributed by atoms with E-state index >= 15 is 0 Å². The average molecular weight is 250 g/mol. The van der Waals surface area contributed by atoms with Crippen LogP contribution in [0.2, 0.25) is 0 Å². The molecule has 1 rings (SSSR count). The zero-order chi connectivity index (χ0) is 13.7. The van der Waals surface area contributed by atoms with Crippen molar-refractivity contribution in [2.45, 2.75) is 12.5 Å². The van der Waals surface area contributed by atoms with Crippen molar-refractivity contribution in [3.8, 4) is 12.3 Å². The lowest BCUT2D eigenvalue weighted by atomic mass is 10.1. The highest BCUT2D eigenvalue weighted by atomic mass is 19.1. The maximum absolute atomic E-state index is 12.9. The Morgan fingerprint density at radius 3 is 2.78 bits per heavy atom. The molecule has 0 saturated carbocycles. The Kier molecular flexibility index (Phi) is 4.40. The van der Waals surface area contributed by atoms with Gasteiger partial charge in [-0.15, -0.1) is 12.3 Å². The molecule has 0 saturated heterocycles. The van der Waals surface area contributed by atoms with E-state index in [1.807, 2.05) is 0 Å². The highest BCUT2D eigenvalue weighted by Crippen LogP contribution is 2.17. The Morgan fingerprint density at radius 2 is 2.22 bits per heavy atom. The lowest BCUT2D eigenvalue weighted by Gasteiger charge is -2.11. The van der Waals surface area contributed by atoms with Crippen LogP contribution < -0.4 is 11.1 Å². The molecule has 94 valence electrons. The Labute approximate surface area is 103 Å². The van der Waals surface area contributed by atoms with Crippen LogP contribution in [0.5, 0.6) is 0 Å². The Balaban J connectivity index is 2.95. The molecule has 6 heteroatoms. The maximum atomic E-state index is 12.9. The molecule has 5 nitrogen and oxygen atoms in total. The van der Waals surface area contributed by atoms with Crippen molar-refractivity contribution < 1.29 is 19.1 Å². The fourth-order valence-corrected chi connectivity index (χ4v) is 1.25. The van der Waals surface area contributed by atoms with Crippen molar-refractivity contribution in [2.24, 2.45) is 5.73 Å². The molecule has 1 unspecified atom stereocenters. The Hall–Kier alpha value is -2.39. The van der Waals surface area contributed by atoms with Crippen LogP contribution in [-0.4, -0.2) is 23.0 Å². The number of nitrogens with one attached hydrogen (secondary N) is 1. The number of nitrogens with two attached hydrogens (primary N) is 1. The van der Waals surface area contributed by atoms with Crippen LogP contribution in [0, 0.1) is 18.2 Å². The first kappa shape index (κ1) is 13.7. The number of rotatable bonds is 4. The summed E-state index contributed by atoms with van der Waals surface area (Å²) in [6.07, 6.45) is 5.03. The van der Waals surface area contributed by atoms with E-state index in [1.54, 1.807) is 0 Å². The summed E-state index contributed by atoms with van der Waals surface area (Å²) < 4.78 is 12.9. The van der Waals surface area contributed by atoms with Crippen molar-refractivity contribution in [1.29, 1.82) is 0 Å². The molecular formula is C12H11FN2O3. The van der Waals surface area contributed by atoms with E-state index in [1.165, 1.54) is 0 Å². The smallest absolute Gasteiger partial charge is 0.337 e. The van der Waals surface area contributed by atoms with Crippen LogP contribution in [0.4, 0.5) is 10.1 Å². The van der Waals surface area contributed by atoms with Crippen LogP contribution in [0.15, 0.2) is 18.2 Å². The minimum Gasteiger partial charge on any atom is -0.478 e. The van der Waals surface area contributed by atoms with Gasteiger partial charge in [0.1, 0.15) is 5.82 Å². The molecule has 0 fully saturated rings. The summed E-state index contributed by atoms with van der Waals surface area (Å²) in [6, 6.07) is 2.06. The number of carboxylic acids is 1. The molecule has 1 atom stereocenters. The van der Waals surface area contributed by atoms with Crippen LogP contribution in [-0.2, 0) is 4.79 Å². The van der Waals surface area contributed by atoms with Gasteiger partial charge in [0.15, 0.2) is 0 Å². The zero-order valence-electron chi connectivity index (χ0n) is 9.31. The molecule has 1 aromatic carbocycles. The molecule has 1 amide bonds. The molecule has 4 N–H and O–H groups in total. The van der Waals surface area contributed by atoms with E-state index in [0.717, 1.165) is 18.2 Å². The van der Waals surface area contributed by atoms with Gasteiger partial charge in [0, 0.05) is 6.42 Å². The predicted octanol–water partition coefficient (Wildman–Crippen LogP) is 0.813. The lowest BCUT2D eigenvalue weighted by molar-refractivity contribution is -0.117. The maximum Gasteiger partial charge on any atom is 0.337 e. The molecule has 0 aromatic heterocycles. The van der Waals surface area contributed by atoms with Crippen molar-refractivity contribution in [3.63, 3.8) is 0 Å². The van der Waals surface area contributed by atoms with Crippen molar-refractivity contribution in [3.05, 3.63) is 29.6 Å². The van der Waals surface area contributed by atoms with Crippen molar-refractivity contribution in [1.82, 2.24) is 0 Å². The fourth-order valence-electron chi connectivity index (χ4n) is 1.25. The topological polar surface area (TPSA) is 92.4 Å². The first-order valence-corrected chi connectivity index (χ1v) is 4.98. The second kappa shape index (κ2) is 5.80. The predicted molar refractivity (Wildman–Crippen MR) is 63.4 cm³/mol. The van der Waals surface area contributed by atoms with Crippen LogP contribution in [0.3, 0.4) is 0 Å². The number of aromatic carboxylic acids is 1. The summed E-state index contributed by atoms with van der Waals surface area (Å²) >= 11 is 0. The quantitative estimate of drug-likeness (QED) is 0.689. The van der Waals surface area contributed by atoms with Gasteiger partial charge >= 0.3 is 5.97 Å². The van der Waals surface area contributed by atoms with Gasteiger partial charge < -0.3 is 16.2 Å². The van der Waals surface area contributed by atoms with Gasteiger partial charge in [-0.05, 0) is 18.2 Å². The molecule has 0 aliphatic carbocycles. The first-order chi connectivity index (χ1) is 8.45. The van der Waals surface area contributed by atoms with E-state index in [2.05, 4.69) is 11.2 Å². The SMILES string of the molecule is C#CCC(N)C(=O)Nc1ccc(F)cc1C(=O)O. The van der Waals surface area contributed by atoms with Gasteiger partial charge in [0.05, 0.1) is 17.3 Å². The normalized spacial score (nSPS) is 11.4. The summed E-state index contributed by atoms with van der Waals surface area (Å²) in [5.74, 6) is -0.466. The average Bonchev–Trinajstić information content (AvgIpc) is 2.31. The standard InChI is InChI=1S/C12H11FN2O3/c1-2-3-9(14)11(16)15-10-5-4-7(13)6-8(10)12(17)18/h1,4-6,9H,3,14H2,(H,15,16)(H,17,18). The van der Waals surface area contributed by atoms with E-state index in [4.69, 9.17) is 17.3 Å². The summed E-state index contributed by atoms with van der Waals surface area (Å²) in [5, 5.41) is 11.2. The number of benzene rings is 1. The first-order valence-electron chi connectivity index (χ1n) is 4.98. The highest BCUT2D eigenvalue weighted by molar-refractivity contribution is 6.02. The third-order valence-electron chi connectivity index (χ3n) is 2.14. The molecule has 0 aliphatic rings. The minimum absolute atomic E-state index is 0.0232. The van der Waals surface area contributed by atoms with Crippen LogP contribution >= 0.6 is 0 Å². The number of carbonyl (C=O) groups is 2. The van der Waals surface area contributed by atoms with Gasteiger partial charge in [-0.1, -0.05) is 0 Å². The van der Waals surface area contributed by atoms with Gasteiger partial charge in [-0.2, -0.15) is 0 Å². The number of hydrogen-bond acceptors (Lipinski definition) is 3.